The van der Waals surface area contributed by atoms with Gasteiger partial charge in [-0.1, -0.05) is 64.0 Å². The molecule has 1 atom stereocenters. The van der Waals surface area contributed by atoms with Crippen molar-refractivity contribution in [3.63, 3.8) is 0 Å². The van der Waals surface area contributed by atoms with Crippen molar-refractivity contribution in [3.8, 4) is 0 Å². The lowest BCUT2D eigenvalue weighted by molar-refractivity contribution is 0.490. The highest BCUT2D eigenvalue weighted by Gasteiger charge is 2.22. The Morgan fingerprint density at radius 3 is 2.28 bits per heavy atom. The van der Waals surface area contributed by atoms with E-state index >= 15 is 0 Å². The Balaban J connectivity index is 2.27. The van der Waals surface area contributed by atoms with Gasteiger partial charge in [-0.3, -0.25) is 0 Å². The minimum atomic E-state index is -0.350. The lowest BCUT2D eigenvalue weighted by Crippen LogP contribution is -2.35. The standard InChI is InChI=1S/C16H18BrN/c1-12-7-9-14(10-8-12)16(2,18)11-13-5-3-4-6-15(13)17/h3-10H,11,18H2,1-2H3. The first kappa shape index (κ1) is 13.3. The van der Waals surface area contributed by atoms with E-state index in [1.807, 2.05) is 12.1 Å². The molecular formula is C16H18BrN. The summed E-state index contributed by atoms with van der Waals surface area (Å²) in [7, 11) is 0. The molecule has 0 aliphatic carbocycles. The van der Waals surface area contributed by atoms with Gasteiger partial charge in [-0.2, -0.15) is 0 Å². The van der Waals surface area contributed by atoms with Crippen molar-refractivity contribution in [2.75, 3.05) is 0 Å². The average molecular weight is 304 g/mol. The summed E-state index contributed by atoms with van der Waals surface area (Å²) in [4.78, 5) is 0. The van der Waals surface area contributed by atoms with Gasteiger partial charge < -0.3 is 5.73 Å². The lowest BCUT2D eigenvalue weighted by Gasteiger charge is -2.26. The Hall–Kier alpha value is -1.12. The molecule has 2 aromatic rings. The van der Waals surface area contributed by atoms with Gasteiger partial charge in [-0.25, -0.2) is 0 Å². The molecule has 0 radical (unpaired) electrons. The summed E-state index contributed by atoms with van der Waals surface area (Å²) in [6, 6.07) is 16.7. The molecular weight excluding hydrogens is 286 g/mol. The van der Waals surface area contributed by atoms with E-state index in [0.29, 0.717) is 0 Å². The van der Waals surface area contributed by atoms with Crippen molar-refractivity contribution in [1.82, 2.24) is 0 Å². The molecule has 2 aromatic carbocycles. The molecule has 0 spiro atoms. The molecule has 0 amide bonds. The molecule has 2 N–H and O–H groups in total. The van der Waals surface area contributed by atoms with Crippen LogP contribution in [0.2, 0.25) is 0 Å². The van der Waals surface area contributed by atoms with Gasteiger partial charge in [0.25, 0.3) is 0 Å². The van der Waals surface area contributed by atoms with Crippen LogP contribution in [0.4, 0.5) is 0 Å². The molecule has 1 unspecified atom stereocenters. The summed E-state index contributed by atoms with van der Waals surface area (Å²) >= 11 is 3.58. The van der Waals surface area contributed by atoms with Crippen molar-refractivity contribution in [2.45, 2.75) is 25.8 Å². The van der Waals surface area contributed by atoms with Crippen molar-refractivity contribution in [3.05, 3.63) is 69.7 Å². The van der Waals surface area contributed by atoms with Gasteiger partial charge in [0, 0.05) is 10.0 Å². The number of hydrogen-bond donors (Lipinski definition) is 1. The molecule has 2 heteroatoms. The molecule has 0 saturated carbocycles. The van der Waals surface area contributed by atoms with Crippen molar-refractivity contribution < 1.29 is 0 Å². The van der Waals surface area contributed by atoms with Crippen LogP contribution in [0.25, 0.3) is 0 Å². The first-order chi connectivity index (χ1) is 8.49. The number of nitrogens with two attached hydrogens (primary N) is 1. The van der Waals surface area contributed by atoms with Crippen LogP contribution in [0, 0.1) is 6.92 Å². The minimum absolute atomic E-state index is 0.350. The maximum atomic E-state index is 6.47. The van der Waals surface area contributed by atoms with Crippen LogP contribution in [-0.2, 0) is 12.0 Å². The molecule has 0 saturated heterocycles. The van der Waals surface area contributed by atoms with Gasteiger partial charge in [-0.05, 0) is 37.5 Å². The Morgan fingerprint density at radius 1 is 1.06 bits per heavy atom. The molecule has 0 fully saturated rings. The predicted octanol–water partition coefficient (Wildman–Crippen LogP) is 4.17. The van der Waals surface area contributed by atoms with Gasteiger partial charge in [-0.15, -0.1) is 0 Å². The van der Waals surface area contributed by atoms with E-state index < -0.39 is 0 Å². The molecule has 1 nitrogen and oxygen atoms in total. The number of aryl methyl sites for hydroxylation is 1. The molecule has 94 valence electrons. The summed E-state index contributed by atoms with van der Waals surface area (Å²) in [6.45, 7) is 4.17. The van der Waals surface area contributed by atoms with Crippen LogP contribution in [0.3, 0.4) is 0 Å². The highest BCUT2D eigenvalue weighted by molar-refractivity contribution is 9.10. The zero-order valence-electron chi connectivity index (χ0n) is 10.8. The Labute approximate surface area is 117 Å². The Morgan fingerprint density at radius 2 is 1.67 bits per heavy atom. The molecule has 0 bridgehead atoms. The first-order valence-electron chi connectivity index (χ1n) is 6.08. The second-order valence-corrected chi connectivity index (χ2v) is 5.91. The molecule has 0 heterocycles. The average Bonchev–Trinajstić information content (AvgIpc) is 2.32. The fraction of sp³-hybridized carbons (Fsp3) is 0.250. The third-order valence-electron chi connectivity index (χ3n) is 3.23. The molecule has 0 aromatic heterocycles. The monoisotopic (exact) mass is 303 g/mol. The largest absolute Gasteiger partial charge is 0.321 e. The second-order valence-electron chi connectivity index (χ2n) is 5.05. The van der Waals surface area contributed by atoms with Crippen molar-refractivity contribution in [2.24, 2.45) is 5.73 Å². The molecule has 2 rings (SSSR count). The van der Waals surface area contributed by atoms with Crippen LogP contribution < -0.4 is 5.73 Å². The SMILES string of the molecule is Cc1ccc(C(C)(N)Cc2ccccc2Br)cc1. The van der Waals surface area contributed by atoms with Crippen LogP contribution in [-0.4, -0.2) is 0 Å². The van der Waals surface area contributed by atoms with Gasteiger partial charge in [0.2, 0.25) is 0 Å². The van der Waals surface area contributed by atoms with E-state index in [0.717, 1.165) is 10.9 Å². The fourth-order valence-electron chi connectivity index (χ4n) is 2.07. The summed E-state index contributed by atoms with van der Waals surface area (Å²) in [5.41, 5.74) is 9.79. The summed E-state index contributed by atoms with van der Waals surface area (Å²) in [5, 5.41) is 0. The van der Waals surface area contributed by atoms with Crippen LogP contribution in [0.15, 0.2) is 53.0 Å². The van der Waals surface area contributed by atoms with E-state index in [2.05, 4.69) is 66.2 Å². The summed E-state index contributed by atoms with van der Waals surface area (Å²) in [6.07, 6.45) is 0.817. The maximum Gasteiger partial charge on any atom is 0.0422 e. The third-order valence-corrected chi connectivity index (χ3v) is 4.00. The second kappa shape index (κ2) is 5.25. The van der Waals surface area contributed by atoms with Gasteiger partial charge in [0.15, 0.2) is 0 Å². The number of benzene rings is 2. The predicted molar refractivity (Wildman–Crippen MR) is 80.6 cm³/mol. The van der Waals surface area contributed by atoms with Crippen LogP contribution in [0.5, 0.6) is 0 Å². The van der Waals surface area contributed by atoms with Crippen molar-refractivity contribution >= 4 is 15.9 Å². The Kier molecular flexibility index (Phi) is 3.88. The van der Waals surface area contributed by atoms with E-state index in [1.54, 1.807) is 0 Å². The van der Waals surface area contributed by atoms with E-state index in [4.69, 9.17) is 5.73 Å². The normalized spacial score (nSPS) is 14.2. The fourth-order valence-corrected chi connectivity index (χ4v) is 2.50. The van der Waals surface area contributed by atoms with E-state index in [-0.39, 0.29) is 5.54 Å². The third kappa shape index (κ3) is 3.01. The van der Waals surface area contributed by atoms with Gasteiger partial charge in [0.1, 0.15) is 0 Å². The van der Waals surface area contributed by atoms with Crippen LogP contribution in [0.1, 0.15) is 23.6 Å². The van der Waals surface area contributed by atoms with E-state index in [1.165, 1.54) is 16.7 Å². The maximum absolute atomic E-state index is 6.47. The van der Waals surface area contributed by atoms with Gasteiger partial charge in [0.05, 0.1) is 0 Å². The minimum Gasteiger partial charge on any atom is -0.321 e. The summed E-state index contributed by atoms with van der Waals surface area (Å²) in [5.74, 6) is 0. The molecule has 0 aliphatic heterocycles. The number of halogens is 1. The topological polar surface area (TPSA) is 26.0 Å². The van der Waals surface area contributed by atoms with Crippen molar-refractivity contribution in [1.29, 1.82) is 0 Å². The number of hydrogen-bond acceptors (Lipinski definition) is 1. The highest BCUT2D eigenvalue weighted by atomic mass is 79.9. The Bertz CT molecular complexity index is 529. The molecule has 0 aliphatic rings. The van der Waals surface area contributed by atoms with Crippen LogP contribution >= 0.6 is 15.9 Å². The van der Waals surface area contributed by atoms with E-state index in [9.17, 15) is 0 Å². The first-order valence-corrected chi connectivity index (χ1v) is 6.88. The lowest BCUT2D eigenvalue weighted by atomic mass is 9.86. The van der Waals surface area contributed by atoms with Gasteiger partial charge >= 0.3 is 0 Å². The quantitative estimate of drug-likeness (QED) is 0.904. The zero-order chi connectivity index (χ0) is 13.2. The molecule has 18 heavy (non-hydrogen) atoms. The smallest absolute Gasteiger partial charge is 0.0422 e. The summed E-state index contributed by atoms with van der Waals surface area (Å²) < 4.78 is 1.12. The highest BCUT2D eigenvalue weighted by Crippen LogP contribution is 2.26. The number of rotatable bonds is 3. The zero-order valence-corrected chi connectivity index (χ0v) is 12.4.